The van der Waals surface area contributed by atoms with E-state index in [0.717, 1.165) is 32.3 Å². The van der Waals surface area contributed by atoms with Gasteiger partial charge in [0.05, 0.1) is 18.0 Å². The Morgan fingerprint density at radius 2 is 2.12 bits per heavy atom. The first kappa shape index (κ1) is 14.1. The molecule has 17 heavy (non-hydrogen) atoms. The number of hydrogen-bond donors (Lipinski definition) is 1. The molecule has 4 heteroatoms. The third kappa shape index (κ3) is 4.79. The third-order valence-electron chi connectivity index (χ3n) is 2.80. The highest BCUT2D eigenvalue weighted by atomic mass is 19.1. The van der Waals surface area contributed by atoms with Crippen LogP contribution in [-0.4, -0.2) is 34.6 Å². The Balaban J connectivity index is 2.43. The largest absolute Gasteiger partial charge is 0.387 e. The van der Waals surface area contributed by atoms with Crippen LogP contribution >= 0.6 is 0 Å². The van der Waals surface area contributed by atoms with E-state index in [4.69, 9.17) is 0 Å². The van der Waals surface area contributed by atoms with Gasteiger partial charge in [0, 0.05) is 6.54 Å². The molecule has 1 N–H and O–H groups in total. The Bertz CT molecular complexity index is 316. The molecule has 0 bridgehead atoms. The molecule has 1 aromatic rings. The van der Waals surface area contributed by atoms with Gasteiger partial charge >= 0.3 is 0 Å². The average Bonchev–Trinajstić information content (AvgIpc) is 2.35. The summed E-state index contributed by atoms with van der Waals surface area (Å²) in [5, 5.41) is 9.91. The Morgan fingerprint density at radius 1 is 1.35 bits per heavy atom. The van der Waals surface area contributed by atoms with Gasteiger partial charge < -0.3 is 10.0 Å². The van der Waals surface area contributed by atoms with Gasteiger partial charge in [-0.1, -0.05) is 13.8 Å². The summed E-state index contributed by atoms with van der Waals surface area (Å²) in [6.07, 6.45) is 2.27. The zero-order valence-electron chi connectivity index (χ0n) is 10.6. The minimum atomic E-state index is -0.610. The van der Waals surface area contributed by atoms with E-state index < -0.39 is 6.10 Å². The molecule has 0 fully saturated rings. The summed E-state index contributed by atoms with van der Waals surface area (Å²) in [4.78, 5) is 6.17. The maximum absolute atomic E-state index is 12.7. The first-order valence-electron chi connectivity index (χ1n) is 6.19. The minimum Gasteiger partial charge on any atom is -0.387 e. The van der Waals surface area contributed by atoms with Gasteiger partial charge in [-0.15, -0.1) is 0 Å². The molecule has 0 aliphatic heterocycles. The highest BCUT2D eigenvalue weighted by molar-refractivity contribution is 5.07. The Hall–Kier alpha value is -1.00. The van der Waals surface area contributed by atoms with Crippen molar-refractivity contribution >= 4 is 0 Å². The second-order valence-corrected chi connectivity index (χ2v) is 4.14. The fraction of sp³-hybridized carbons (Fsp3) is 0.615. The van der Waals surface area contributed by atoms with Crippen LogP contribution in [0.1, 0.15) is 38.5 Å². The number of aromatic nitrogens is 1. The van der Waals surface area contributed by atoms with Gasteiger partial charge in [-0.3, -0.25) is 4.98 Å². The molecule has 0 aromatic carbocycles. The van der Waals surface area contributed by atoms with Crippen molar-refractivity contribution in [2.75, 3.05) is 19.6 Å². The number of nitrogens with zero attached hydrogens (tertiary/aromatic N) is 2. The summed E-state index contributed by atoms with van der Waals surface area (Å²) in [6, 6.07) is 2.87. The molecule has 0 saturated carbocycles. The van der Waals surface area contributed by atoms with Crippen LogP contribution in [0.4, 0.5) is 4.39 Å². The maximum Gasteiger partial charge on any atom is 0.141 e. The molecule has 0 saturated heterocycles. The quantitative estimate of drug-likeness (QED) is 0.795. The lowest BCUT2D eigenvalue weighted by Gasteiger charge is -2.21. The number of aliphatic hydroxyl groups is 1. The van der Waals surface area contributed by atoms with Crippen molar-refractivity contribution in [2.24, 2.45) is 0 Å². The Labute approximate surface area is 102 Å². The van der Waals surface area contributed by atoms with Crippen LogP contribution in [0.25, 0.3) is 0 Å². The van der Waals surface area contributed by atoms with Crippen molar-refractivity contribution < 1.29 is 9.50 Å². The topological polar surface area (TPSA) is 36.4 Å². The standard InChI is InChI=1S/C13H21FN2O/c1-3-8-16(4-2)9-7-13(17)12-6-5-11(14)10-15-12/h5-6,10,13,17H,3-4,7-9H2,1-2H3. The maximum atomic E-state index is 12.7. The number of pyridine rings is 1. The SMILES string of the molecule is CCCN(CC)CCC(O)c1ccc(F)cn1. The molecular formula is C13H21FN2O. The zero-order valence-corrected chi connectivity index (χ0v) is 10.6. The van der Waals surface area contributed by atoms with Crippen molar-refractivity contribution in [3.63, 3.8) is 0 Å². The van der Waals surface area contributed by atoms with Crippen molar-refractivity contribution in [2.45, 2.75) is 32.8 Å². The van der Waals surface area contributed by atoms with E-state index in [-0.39, 0.29) is 5.82 Å². The first-order valence-corrected chi connectivity index (χ1v) is 6.19. The van der Waals surface area contributed by atoms with E-state index in [1.807, 2.05) is 0 Å². The second-order valence-electron chi connectivity index (χ2n) is 4.14. The lowest BCUT2D eigenvalue weighted by molar-refractivity contribution is 0.139. The molecule has 0 radical (unpaired) electrons. The Kier molecular flexibility index (Phi) is 6.08. The lowest BCUT2D eigenvalue weighted by atomic mass is 10.1. The zero-order chi connectivity index (χ0) is 12.7. The van der Waals surface area contributed by atoms with Crippen LogP contribution in [0, 0.1) is 5.82 Å². The van der Waals surface area contributed by atoms with Crippen molar-refractivity contribution in [3.05, 3.63) is 29.8 Å². The number of hydrogen-bond acceptors (Lipinski definition) is 3. The van der Waals surface area contributed by atoms with Crippen LogP contribution in [0.3, 0.4) is 0 Å². The Morgan fingerprint density at radius 3 is 2.65 bits per heavy atom. The highest BCUT2D eigenvalue weighted by Gasteiger charge is 2.11. The van der Waals surface area contributed by atoms with Crippen LogP contribution in [0.15, 0.2) is 18.3 Å². The molecule has 1 rings (SSSR count). The van der Waals surface area contributed by atoms with E-state index in [2.05, 4.69) is 23.7 Å². The lowest BCUT2D eigenvalue weighted by Crippen LogP contribution is -2.26. The number of halogens is 1. The summed E-state index contributed by atoms with van der Waals surface area (Å²) in [6.45, 7) is 7.11. The van der Waals surface area contributed by atoms with Crippen molar-refractivity contribution in [1.82, 2.24) is 9.88 Å². The predicted octanol–water partition coefficient (Wildman–Crippen LogP) is 2.38. The van der Waals surface area contributed by atoms with Crippen LogP contribution in [-0.2, 0) is 0 Å². The van der Waals surface area contributed by atoms with Gasteiger partial charge in [0.1, 0.15) is 5.82 Å². The highest BCUT2D eigenvalue weighted by Crippen LogP contribution is 2.14. The summed E-state index contributed by atoms with van der Waals surface area (Å²) < 4.78 is 12.7. The van der Waals surface area contributed by atoms with Gasteiger partial charge in [0.25, 0.3) is 0 Å². The van der Waals surface area contributed by atoms with E-state index in [1.54, 1.807) is 0 Å². The van der Waals surface area contributed by atoms with Crippen LogP contribution < -0.4 is 0 Å². The molecule has 0 aliphatic rings. The monoisotopic (exact) mass is 240 g/mol. The average molecular weight is 240 g/mol. The van der Waals surface area contributed by atoms with E-state index in [9.17, 15) is 9.50 Å². The van der Waals surface area contributed by atoms with Crippen LogP contribution in [0.5, 0.6) is 0 Å². The smallest absolute Gasteiger partial charge is 0.141 e. The second kappa shape index (κ2) is 7.35. The molecule has 1 unspecified atom stereocenters. The summed E-state index contributed by atoms with van der Waals surface area (Å²) in [7, 11) is 0. The summed E-state index contributed by atoms with van der Waals surface area (Å²) >= 11 is 0. The van der Waals surface area contributed by atoms with Gasteiger partial charge in [0.15, 0.2) is 0 Å². The number of rotatable bonds is 7. The summed E-state index contributed by atoms with van der Waals surface area (Å²) in [5.41, 5.74) is 0.541. The molecule has 1 aromatic heterocycles. The van der Waals surface area contributed by atoms with Gasteiger partial charge in [-0.2, -0.15) is 0 Å². The van der Waals surface area contributed by atoms with Crippen molar-refractivity contribution in [1.29, 1.82) is 0 Å². The molecule has 1 heterocycles. The molecule has 3 nitrogen and oxygen atoms in total. The molecule has 0 spiro atoms. The van der Waals surface area contributed by atoms with Crippen LogP contribution in [0.2, 0.25) is 0 Å². The minimum absolute atomic E-state index is 0.373. The van der Waals surface area contributed by atoms with E-state index in [0.29, 0.717) is 12.1 Å². The van der Waals surface area contributed by atoms with Crippen molar-refractivity contribution in [3.8, 4) is 0 Å². The van der Waals surface area contributed by atoms with Gasteiger partial charge in [0.2, 0.25) is 0 Å². The normalized spacial score (nSPS) is 13.0. The predicted molar refractivity (Wildman–Crippen MR) is 66.2 cm³/mol. The molecule has 0 amide bonds. The first-order chi connectivity index (χ1) is 8.17. The molecule has 0 aliphatic carbocycles. The molecule has 96 valence electrons. The number of aliphatic hydroxyl groups excluding tert-OH is 1. The fourth-order valence-corrected chi connectivity index (χ4v) is 1.78. The van der Waals surface area contributed by atoms with E-state index in [1.165, 1.54) is 12.1 Å². The van der Waals surface area contributed by atoms with Gasteiger partial charge in [-0.25, -0.2) is 4.39 Å². The fourth-order valence-electron chi connectivity index (χ4n) is 1.78. The van der Waals surface area contributed by atoms with E-state index >= 15 is 0 Å². The molecular weight excluding hydrogens is 219 g/mol. The summed E-state index contributed by atoms with van der Waals surface area (Å²) in [5.74, 6) is -0.373. The molecule has 1 atom stereocenters. The third-order valence-corrected chi connectivity index (χ3v) is 2.80. The van der Waals surface area contributed by atoms with Gasteiger partial charge in [-0.05, 0) is 38.1 Å².